The maximum atomic E-state index is 13.3. The van der Waals surface area contributed by atoms with E-state index in [1.54, 1.807) is 13.0 Å². The first-order chi connectivity index (χ1) is 16.4. The molecule has 0 fully saturated rings. The number of benzene rings is 1. The fraction of sp³-hybridized carbons (Fsp3) is 0.407. The number of unbranched alkanes of at least 4 members (excludes halogenated alkanes) is 2. The monoisotopic (exact) mass is 461 g/mol. The number of carbonyl (C=O) groups is 2. The Hall–Kier alpha value is -3.50. The Morgan fingerprint density at radius 3 is 2.65 bits per heavy atom. The molecule has 0 amide bonds. The van der Waals surface area contributed by atoms with E-state index in [2.05, 4.69) is 9.83 Å². The highest BCUT2D eigenvalue weighted by Crippen LogP contribution is 2.30. The van der Waals surface area contributed by atoms with Crippen LogP contribution in [0.1, 0.15) is 60.6 Å². The summed E-state index contributed by atoms with van der Waals surface area (Å²) in [6.45, 7) is 10.4. The first-order valence-corrected chi connectivity index (χ1v) is 11.6. The van der Waals surface area contributed by atoms with Gasteiger partial charge in [0.25, 0.3) is 0 Å². The second-order valence-corrected chi connectivity index (χ2v) is 8.74. The van der Waals surface area contributed by atoms with Crippen molar-refractivity contribution in [1.82, 2.24) is 9.55 Å². The molecule has 7 heteroatoms. The molecule has 0 unspecified atom stereocenters. The summed E-state index contributed by atoms with van der Waals surface area (Å²) in [4.78, 5) is 32.2. The first kappa shape index (κ1) is 25.1. The van der Waals surface area contributed by atoms with Crippen molar-refractivity contribution < 1.29 is 19.4 Å². The van der Waals surface area contributed by atoms with Crippen LogP contribution < -0.4 is 0 Å². The third-order valence-electron chi connectivity index (χ3n) is 5.91. The lowest BCUT2D eigenvalue weighted by atomic mass is 9.94. The van der Waals surface area contributed by atoms with Crippen molar-refractivity contribution in [2.24, 2.45) is 13.0 Å². The maximum absolute atomic E-state index is 13.3. The van der Waals surface area contributed by atoms with Crippen molar-refractivity contribution in [1.29, 1.82) is 0 Å². The van der Waals surface area contributed by atoms with E-state index in [0.29, 0.717) is 41.9 Å². The van der Waals surface area contributed by atoms with Gasteiger partial charge in [-0.25, -0.2) is 9.83 Å². The van der Waals surface area contributed by atoms with Crippen LogP contribution in [0.3, 0.4) is 0 Å². The van der Waals surface area contributed by atoms with Crippen LogP contribution in [0.4, 0.5) is 5.69 Å². The SMILES string of the molecule is [C-]#[N+]c1cnc2c(c1)c(C(=O)C[C@@H](C)CC(=O)O)c(CCCCCOCc1ccccc1)n2C. The second-order valence-electron chi connectivity index (χ2n) is 8.74. The van der Waals surface area contributed by atoms with E-state index in [1.165, 1.54) is 6.20 Å². The van der Waals surface area contributed by atoms with E-state index >= 15 is 0 Å². The predicted octanol–water partition coefficient (Wildman–Crippen LogP) is 5.74. The highest BCUT2D eigenvalue weighted by atomic mass is 16.5. The highest BCUT2D eigenvalue weighted by molar-refractivity contribution is 6.09. The number of ether oxygens (including phenoxy) is 1. The minimum Gasteiger partial charge on any atom is -0.481 e. The van der Waals surface area contributed by atoms with Crippen LogP contribution in [-0.2, 0) is 29.6 Å². The molecular formula is C27H31N3O4. The molecule has 0 bridgehead atoms. The summed E-state index contributed by atoms with van der Waals surface area (Å²) in [6, 6.07) is 11.8. The molecule has 3 aromatic rings. The lowest BCUT2D eigenvalue weighted by Crippen LogP contribution is -2.12. The van der Waals surface area contributed by atoms with Crippen LogP contribution in [0, 0.1) is 12.5 Å². The van der Waals surface area contributed by atoms with Gasteiger partial charge < -0.3 is 14.4 Å². The number of hydrogen-bond donors (Lipinski definition) is 1. The van der Waals surface area contributed by atoms with Gasteiger partial charge in [-0.3, -0.25) is 9.59 Å². The van der Waals surface area contributed by atoms with Crippen molar-refractivity contribution in [2.45, 2.75) is 52.1 Å². The average molecular weight is 462 g/mol. The minimum atomic E-state index is -0.912. The van der Waals surface area contributed by atoms with E-state index < -0.39 is 5.97 Å². The zero-order valence-electron chi connectivity index (χ0n) is 19.8. The van der Waals surface area contributed by atoms with Crippen LogP contribution in [0.25, 0.3) is 15.9 Å². The van der Waals surface area contributed by atoms with E-state index in [4.69, 9.17) is 16.4 Å². The third-order valence-corrected chi connectivity index (χ3v) is 5.91. The topological polar surface area (TPSA) is 85.8 Å². The van der Waals surface area contributed by atoms with Crippen molar-refractivity contribution >= 4 is 28.5 Å². The number of aromatic nitrogens is 2. The zero-order chi connectivity index (χ0) is 24.5. The standard InChI is InChI=1S/C27H31N3O4/c1-19(15-25(32)33)14-24(31)26-22-16-21(28-2)17-29-27(22)30(3)23(26)12-8-5-9-13-34-18-20-10-6-4-7-11-20/h4,6-7,10-11,16-17,19H,5,8-9,12-15,18H2,1,3H3,(H,32,33)/t19-/m1/s1. The van der Waals surface area contributed by atoms with Gasteiger partial charge in [-0.05, 0) is 36.8 Å². The largest absolute Gasteiger partial charge is 0.481 e. The number of carbonyl (C=O) groups excluding carboxylic acids is 1. The molecule has 3 rings (SSSR count). The number of hydrogen-bond acceptors (Lipinski definition) is 4. The van der Waals surface area contributed by atoms with Gasteiger partial charge in [0.05, 0.1) is 13.2 Å². The number of carboxylic acid groups (broad SMARTS) is 1. The molecule has 1 N–H and O–H groups in total. The number of rotatable bonds is 13. The highest BCUT2D eigenvalue weighted by Gasteiger charge is 2.24. The number of ketones is 1. The molecule has 2 aromatic heterocycles. The molecule has 0 spiro atoms. The third kappa shape index (κ3) is 6.52. The Labute approximate surface area is 200 Å². The lowest BCUT2D eigenvalue weighted by molar-refractivity contribution is -0.137. The molecule has 0 radical (unpaired) electrons. The van der Waals surface area contributed by atoms with Crippen LogP contribution in [-0.4, -0.2) is 33.0 Å². The smallest absolute Gasteiger partial charge is 0.303 e. The fourth-order valence-corrected chi connectivity index (χ4v) is 4.24. The number of aliphatic carboxylic acids is 1. The van der Waals surface area contributed by atoms with Gasteiger partial charge in [0.2, 0.25) is 5.69 Å². The number of fused-ring (bicyclic) bond motifs is 1. The summed E-state index contributed by atoms with van der Waals surface area (Å²) < 4.78 is 7.70. The van der Waals surface area contributed by atoms with Crippen LogP contribution in [0.2, 0.25) is 0 Å². The van der Waals surface area contributed by atoms with Crippen LogP contribution >= 0.6 is 0 Å². The minimum absolute atomic E-state index is 0.0552. The quantitative estimate of drug-likeness (QED) is 0.199. The van der Waals surface area contributed by atoms with Gasteiger partial charge in [0.15, 0.2) is 5.78 Å². The van der Waals surface area contributed by atoms with Crippen molar-refractivity contribution in [3.8, 4) is 0 Å². The van der Waals surface area contributed by atoms with Gasteiger partial charge in [-0.2, -0.15) is 0 Å². The Bertz CT molecular complexity index is 1180. The number of Topliss-reactive ketones (excluding diaryl/α,β-unsaturated/α-hetero) is 1. The Balaban J connectivity index is 1.67. The number of aryl methyl sites for hydroxylation is 1. The molecule has 1 aromatic carbocycles. The van der Waals surface area contributed by atoms with Crippen molar-refractivity contribution in [2.75, 3.05) is 6.61 Å². The molecule has 178 valence electrons. The molecule has 0 saturated carbocycles. The number of pyridine rings is 1. The van der Waals surface area contributed by atoms with Crippen molar-refractivity contribution in [3.05, 3.63) is 70.8 Å². The fourth-order valence-electron chi connectivity index (χ4n) is 4.24. The Kier molecular flexibility index (Phi) is 8.94. The molecular weight excluding hydrogens is 430 g/mol. The molecule has 0 aliphatic carbocycles. The van der Waals surface area contributed by atoms with Crippen molar-refractivity contribution in [3.63, 3.8) is 0 Å². The maximum Gasteiger partial charge on any atom is 0.303 e. The van der Waals surface area contributed by atoms with E-state index in [1.807, 2.05) is 41.9 Å². The Morgan fingerprint density at radius 2 is 1.94 bits per heavy atom. The molecule has 0 saturated heterocycles. The number of nitrogens with zero attached hydrogens (tertiary/aromatic N) is 3. The summed E-state index contributed by atoms with van der Waals surface area (Å²) in [5, 5.41) is 9.74. The molecule has 0 aliphatic heterocycles. The lowest BCUT2D eigenvalue weighted by Gasteiger charge is -2.11. The first-order valence-electron chi connectivity index (χ1n) is 11.6. The normalized spacial score (nSPS) is 11.9. The van der Waals surface area contributed by atoms with Crippen LogP contribution in [0.15, 0.2) is 42.6 Å². The van der Waals surface area contributed by atoms with Gasteiger partial charge >= 0.3 is 5.97 Å². The summed E-state index contributed by atoms with van der Waals surface area (Å²) in [5.74, 6) is -1.28. The molecule has 34 heavy (non-hydrogen) atoms. The van der Waals surface area contributed by atoms with Gasteiger partial charge in [0.1, 0.15) is 5.65 Å². The summed E-state index contributed by atoms with van der Waals surface area (Å²) >= 11 is 0. The molecule has 1 atom stereocenters. The molecule has 0 aliphatic rings. The van der Waals surface area contributed by atoms with Gasteiger partial charge in [0, 0.05) is 49.3 Å². The van der Waals surface area contributed by atoms with Gasteiger partial charge in [-0.1, -0.05) is 43.7 Å². The summed E-state index contributed by atoms with van der Waals surface area (Å²) in [6.07, 6.45) is 5.08. The Morgan fingerprint density at radius 1 is 1.18 bits per heavy atom. The van der Waals surface area contributed by atoms with E-state index in [-0.39, 0.29) is 24.5 Å². The molecule has 2 heterocycles. The summed E-state index contributed by atoms with van der Waals surface area (Å²) in [7, 11) is 1.89. The predicted molar refractivity (Wildman–Crippen MR) is 131 cm³/mol. The van der Waals surface area contributed by atoms with E-state index in [9.17, 15) is 9.59 Å². The van der Waals surface area contributed by atoms with Gasteiger partial charge in [-0.15, -0.1) is 0 Å². The molecule has 7 nitrogen and oxygen atoms in total. The second kappa shape index (κ2) is 12.1. The van der Waals surface area contributed by atoms with E-state index in [0.717, 1.165) is 30.5 Å². The zero-order valence-corrected chi connectivity index (χ0v) is 19.8. The van der Waals surface area contributed by atoms with Crippen LogP contribution in [0.5, 0.6) is 0 Å². The number of carboxylic acids is 1. The summed E-state index contributed by atoms with van der Waals surface area (Å²) in [5.41, 5.74) is 3.68. The average Bonchev–Trinajstić information content (AvgIpc) is 3.09.